The molecule has 4 heteroatoms. The molecule has 4 nitrogen and oxygen atoms in total. The van der Waals surface area contributed by atoms with Crippen molar-refractivity contribution in [3.8, 4) is 11.5 Å². The second kappa shape index (κ2) is 6.07. The van der Waals surface area contributed by atoms with Gasteiger partial charge in [0, 0.05) is 25.3 Å². The maximum atomic E-state index is 5.49. The van der Waals surface area contributed by atoms with Crippen LogP contribution in [0.2, 0.25) is 0 Å². The number of ether oxygens (including phenoxy) is 3. The van der Waals surface area contributed by atoms with Gasteiger partial charge in [0.05, 0.1) is 6.61 Å². The second-order valence-corrected chi connectivity index (χ2v) is 4.84. The predicted octanol–water partition coefficient (Wildman–Crippen LogP) is 2.18. The van der Waals surface area contributed by atoms with Crippen molar-refractivity contribution < 1.29 is 14.2 Å². The minimum atomic E-state index is 0.317. The normalized spacial score (nSPS) is 15.1. The third-order valence-electron chi connectivity index (χ3n) is 3.18. The Morgan fingerprint density at radius 1 is 1.33 bits per heavy atom. The summed E-state index contributed by atoms with van der Waals surface area (Å²) < 4.78 is 16.1. The molecule has 100 valence electrons. The first-order valence-electron chi connectivity index (χ1n) is 6.32. The van der Waals surface area contributed by atoms with E-state index in [0.29, 0.717) is 25.4 Å². The van der Waals surface area contributed by atoms with Crippen LogP contribution in [-0.2, 0) is 11.3 Å². The lowest BCUT2D eigenvalue weighted by Gasteiger charge is -2.21. The van der Waals surface area contributed by atoms with E-state index in [1.165, 1.54) is 0 Å². The molecule has 18 heavy (non-hydrogen) atoms. The number of fused-ring (bicyclic) bond motifs is 1. The van der Waals surface area contributed by atoms with Crippen molar-refractivity contribution in [1.82, 2.24) is 5.32 Å². The van der Waals surface area contributed by atoms with Crippen LogP contribution in [-0.4, -0.2) is 26.6 Å². The Bertz CT molecular complexity index is 393. The minimum Gasteiger partial charge on any atom is -0.454 e. The maximum Gasteiger partial charge on any atom is 0.231 e. The van der Waals surface area contributed by atoms with Crippen LogP contribution in [0.4, 0.5) is 0 Å². The van der Waals surface area contributed by atoms with Crippen molar-refractivity contribution in [2.75, 3.05) is 20.5 Å². The number of para-hydroxylation sites is 1. The molecule has 0 saturated heterocycles. The van der Waals surface area contributed by atoms with Crippen molar-refractivity contribution in [1.29, 1.82) is 0 Å². The van der Waals surface area contributed by atoms with E-state index in [0.717, 1.165) is 23.6 Å². The zero-order valence-electron chi connectivity index (χ0n) is 11.2. The van der Waals surface area contributed by atoms with Crippen molar-refractivity contribution in [3.63, 3.8) is 0 Å². The first-order valence-corrected chi connectivity index (χ1v) is 6.32. The van der Waals surface area contributed by atoms with E-state index in [1.54, 1.807) is 7.11 Å². The number of benzene rings is 1. The van der Waals surface area contributed by atoms with E-state index in [9.17, 15) is 0 Å². The van der Waals surface area contributed by atoms with Gasteiger partial charge in [0.2, 0.25) is 6.79 Å². The van der Waals surface area contributed by atoms with Gasteiger partial charge in [-0.15, -0.1) is 0 Å². The van der Waals surface area contributed by atoms with Crippen LogP contribution in [0.1, 0.15) is 19.4 Å². The fraction of sp³-hybridized carbons (Fsp3) is 0.571. The molecule has 0 fully saturated rings. The molecule has 0 spiro atoms. The molecule has 1 aliphatic heterocycles. The summed E-state index contributed by atoms with van der Waals surface area (Å²) in [5.74, 6) is 2.23. The molecule has 0 bridgehead atoms. The molecule has 1 aromatic rings. The first-order chi connectivity index (χ1) is 8.72. The number of nitrogens with one attached hydrogen (secondary N) is 1. The summed E-state index contributed by atoms with van der Waals surface area (Å²) >= 11 is 0. The van der Waals surface area contributed by atoms with Gasteiger partial charge in [-0.1, -0.05) is 26.0 Å². The van der Waals surface area contributed by atoms with E-state index in [4.69, 9.17) is 14.2 Å². The first kappa shape index (κ1) is 13.2. The van der Waals surface area contributed by atoms with Gasteiger partial charge in [0.25, 0.3) is 0 Å². The smallest absolute Gasteiger partial charge is 0.231 e. The number of methoxy groups -OCH3 is 1. The lowest BCUT2D eigenvalue weighted by atomic mass is 10.0. The Kier molecular flexibility index (Phi) is 4.44. The molecule has 0 saturated carbocycles. The molecule has 1 heterocycles. The van der Waals surface area contributed by atoms with E-state index in [2.05, 4.69) is 25.2 Å². The Morgan fingerprint density at radius 2 is 2.17 bits per heavy atom. The van der Waals surface area contributed by atoms with E-state index < -0.39 is 0 Å². The maximum absolute atomic E-state index is 5.49. The molecule has 1 N–H and O–H groups in total. The highest BCUT2D eigenvalue weighted by Crippen LogP contribution is 2.35. The van der Waals surface area contributed by atoms with Gasteiger partial charge in [0.1, 0.15) is 0 Å². The molecule has 1 aromatic carbocycles. The summed E-state index contributed by atoms with van der Waals surface area (Å²) in [5, 5.41) is 3.51. The average molecular weight is 251 g/mol. The molecule has 0 radical (unpaired) electrons. The van der Waals surface area contributed by atoms with E-state index >= 15 is 0 Å². The lowest BCUT2D eigenvalue weighted by Crippen LogP contribution is -2.37. The average Bonchev–Trinajstić information content (AvgIpc) is 2.82. The molecule has 0 aliphatic carbocycles. The lowest BCUT2D eigenvalue weighted by molar-refractivity contribution is 0.146. The topological polar surface area (TPSA) is 39.7 Å². The van der Waals surface area contributed by atoms with Crippen LogP contribution < -0.4 is 14.8 Å². The van der Waals surface area contributed by atoms with E-state index in [1.807, 2.05) is 12.1 Å². The van der Waals surface area contributed by atoms with Crippen molar-refractivity contribution >= 4 is 0 Å². The van der Waals surface area contributed by atoms with Crippen LogP contribution in [0.3, 0.4) is 0 Å². The van der Waals surface area contributed by atoms with Gasteiger partial charge < -0.3 is 19.5 Å². The van der Waals surface area contributed by atoms with Crippen LogP contribution >= 0.6 is 0 Å². The van der Waals surface area contributed by atoms with Crippen LogP contribution in [0.5, 0.6) is 11.5 Å². The quantitative estimate of drug-likeness (QED) is 0.841. The molecule has 0 aromatic heterocycles. The molecule has 0 amide bonds. The summed E-state index contributed by atoms with van der Waals surface area (Å²) in [5.41, 5.74) is 1.13. The van der Waals surface area contributed by atoms with Gasteiger partial charge >= 0.3 is 0 Å². The van der Waals surface area contributed by atoms with Gasteiger partial charge in [-0.3, -0.25) is 0 Å². The van der Waals surface area contributed by atoms with Gasteiger partial charge in [-0.25, -0.2) is 0 Å². The second-order valence-electron chi connectivity index (χ2n) is 4.84. The third kappa shape index (κ3) is 2.94. The Hall–Kier alpha value is -1.26. The predicted molar refractivity (Wildman–Crippen MR) is 69.9 cm³/mol. The molecule has 2 rings (SSSR count). The Morgan fingerprint density at radius 3 is 2.89 bits per heavy atom. The molecular formula is C14H21NO3. The standard InChI is InChI=1S/C14H21NO3/c1-10(2)12(8-16-3)15-7-11-5-4-6-13-14(11)18-9-17-13/h4-6,10,12,15H,7-9H2,1-3H3. The zero-order chi connectivity index (χ0) is 13.0. The van der Waals surface area contributed by atoms with Crippen molar-refractivity contribution in [3.05, 3.63) is 23.8 Å². The molecule has 1 atom stereocenters. The summed E-state index contributed by atoms with van der Waals surface area (Å²) in [7, 11) is 1.73. The van der Waals surface area contributed by atoms with E-state index in [-0.39, 0.29) is 0 Å². The zero-order valence-corrected chi connectivity index (χ0v) is 11.2. The van der Waals surface area contributed by atoms with Gasteiger partial charge in [-0.2, -0.15) is 0 Å². The molecule has 1 aliphatic rings. The van der Waals surface area contributed by atoms with Gasteiger partial charge in [-0.05, 0) is 12.0 Å². The largest absolute Gasteiger partial charge is 0.454 e. The fourth-order valence-corrected chi connectivity index (χ4v) is 2.04. The highest BCUT2D eigenvalue weighted by atomic mass is 16.7. The monoisotopic (exact) mass is 251 g/mol. The Labute approximate surface area is 108 Å². The molecular weight excluding hydrogens is 230 g/mol. The van der Waals surface area contributed by atoms with Crippen molar-refractivity contribution in [2.45, 2.75) is 26.4 Å². The minimum absolute atomic E-state index is 0.317. The fourth-order valence-electron chi connectivity index (χ4n) is 2.04. The number of hydrogen-bond acceptors (Lipinski definition) is 4. The van der Waals surface area contributed by atoms with Gasteiger partial charge in [0.15, 0.2) is 11.5 Å². The SMILES string of the molecule is COCC(NCc1cccc2c1OCO2)C(C)C. The summed E-state index contributed by atoms with van der Waals surface area (Å²) in [6, 6.07) is 6.32. The highest BCUT2D eigenvalue weighted by Gasteiger charge is 2.18. The number of rotatable bonds is 6. The summed E-state index contributed by atoms with van der Waals surface area (Å²) in [4.78, 5) is 0. The van der Waals surface area contributed by atoms with Crippen LogP contribution in [0.25, 0.3) is 0 Å². The molecule has 1 unspecified atom stereocenters. The Balaban J connectivity index is 1.99. The summed E-state index contributed by atoms with van der Waals surface area (Å²) in [6.45, 7) is 6.16. The number of hydrogen-bond donors (Lipinski definition) is 1. The summed E-state index contributed by atoms with van der Waals surface area (Å²) in [6.07, 6.45) is 0. The third-order valence-corrected chi connectivity index (χ3v) is 3.18. The highest BCUT2D eigenvalue weighted by molar-refractivity contribution is 5.48. The van der Waals surface area contributed by atoms with Crippen LogP contribution in [0.15, 0.2) is 18.2 Å². The van der Waals surface area contributed by atoms with Crippen molar-refractivity contribution in [2.24, 2.45) is 5.92 Å². The van der Waals surface area contributed by atoms with Crippen LogP contribution in [0, 0.1) is 5.92 Å².